The number of nitrogens with one attached hydrogen (secondary N) is 2. The molecule has 0 radical (unpaired) electrons. The fraction of sp³-hybridized carbons (Fsp3) is 0.111. The first kappa shape index (κ1) is 20.8. The van der Waals surface area contributed by atoms with E-state index in [0.717, 1.165) is 10.0 Å². The van der Waals surface area contributed by atoms with Gasteiger partial charge in [0.1, 0.15) is 0 Å². The standard InChI is InChI=1S/C18H14BrClN4O2S2/c19-12-6-7-14(20)13(8-12)16(26)22-17-23-24-18(28-17)27-10-15(25)21-9-11-4-2-1-3-5-11/h1-8H,9-10H2,(H,21,25)(H,22,23,26). The topological polar surface area (TPSA) is 84.0 Å². The molecule has 3 rings (SSSR count). The molecule has 1 aromatic heterocycles. The monoisotopic (exact) mass is 496 g/mol. The Hall–Kier alpha value is -1.94. The Bertz CT molecular complexity index is 985. The lowest BCUT2D eigenvalue weighted by Crippen LogP contribution is -2.24. The molecule has 10 heteroatoms. The van der Waals surface area contributed by atoms with Gasteiger partial charge < -0.3 is 5.32 Å². The van der Waals surface area contributed by atoms with Crippen molar-refractivity contribution >= 4 is 67.6 Å². The van der Waals surface area contributed by atoms with Crippen LogP contribution in [0.1, 0.15) is 15.9 Å². The molecule has 0 aliphatic carbocycles. The van der Waals surface area contributed by atoms with Crippen molar-refractivity contribution in [3.63, 3.8) is 0 Å². The average Bonchev–Trinajstić information content (AvgIpc) is 3.14. The number of nitrogens with zero attached hydrogens (tertiary/aromatic N) is 2. The van der Waals surface area contributed by atoms with E-state index < -0.39 is 0 Å². The highest BCUT2D eigenvalue weighted by atomic mass is 79.9. The Morgan fingerprint density at radius 3 is 2.71 bits per heavy atom. The van der Waals surface area contributed by atoms with Crippen LogP contribution in [0.4, 0.5) is 5.13 Å². The summed E-state index contributed by atoms with van der Waals surface area (Å²) in [7, 11) is 0. The molecule has 0 unspecified atom stereocenters. The number of rotatable bonds is 7. The zero-order chi connectivity index (χ0) is 19.9. The molecule has 28 heavy (non-hydrogen) atoms. The molecule has 2 aromatic carbocycles. The molecule has 0 fully saturated rings. The van der Waals surface area contributed by atoms with Crippen LogP contribution in [0.15, 0.2) is 57.3 Å². The van der Waals surface area contributed by atoms with E-state index in [1.807, 2.05) is 30.3 Å². The first-order valence-corrected chi connectivity index (χ1v) is 11.0. The minimum Gasteiger partial charge on any atom is -0.351 e. The lowest BCUT2D eigenvalue weighted by atomic mass is 10.2. The second-order valence-electron chi connectivity index (χ2n) is 5.50. The summed E-state index contributed by atoms with van der Waals surface area (Å²) in [6.45, 7) is 0.477. The molecule has 0 aliphatic rings. The van der Waals surface area contributed by atoms with E-state index in [0.29, 0.717) is 26.6 Å². The van der Waals surface area contributed by atoms with Gasteiger partial charge in [-0.3, -0.25) is 14.9 Å². The van der Waals surface area contributed by atoms with Crippen molar-refractivity contribution in [1.82, 2.24) is 15.5 Å². The Morgan fingerprint density at radius 1 is 1.14 bits per heavy atom. The Kier molecular flexibility index (Phi) is 7.43. The highest BCUT2D eigenvalue weighted by Gasteiger charge is 2.14. The van der Waals surface area contributed by atoms with Gasteiger partial charge in [-0.15, -0.1) is 10.2 Å². The maximum absolute atomic E-state index is 12.3. The summed E-state index contributed by atoms with van der Waals surface area (Å²) >= 11 is 11.8. The molecular formula is C18H14BrClN4O2S2. The maximum atomic E-state index is 12.3. The normalized spacial score (nSPS) is 10.5. The van der Waals surface area contributed by atoms with Crippen LogP contribution in [0.5, 0.6) is 0 Å². The van der Waals surface area contributed by atoms with Crippen molar-refractivity contribution in [2.75, 3.05) is 11.1 Å². The number of aromatic nitrogens is 2. The number of benzene rings is 2. The predicted molar refractivity (Wildman–Crippen MR) is 116 cm³/mol. The smallest absolute Gasteiger partial charge is 0.259 e. The van der Waals surface area contributed by atoms with Gasteiger partial charge in [-0.25, -0.2) is 0 Å². The van der Waals surface area contributed by atoms with E-state index >= 15 is 0 Å². The van der Waals surface area contributed by atoms with Gasteiger partial charge in [0.05, 0.1) is 16.3 Å². The van der Waals surface area contributed by atoms with Gasteiger partial charge in [-0.05, 0) is 23.8 Å². The molecule has 6 nitrogen and oxygen atoms in total. The number of halogens is 2. The van der Waals surface area contributed by atoms with Crippen molar-refractivity contribution < 1.29 is 9.59 Å². The lowest BCUT2D eigenvalue weighted by Gasteiger charge is -2.04. The van der Waals surface area contributed by atoms with Crippen molar-refractivity contribution in [1.29, 1.82) is 0 Å². The first-order valence-electron chi connectivity index (χ1n) is 8.04. The average molecular weight is 498 g/mol. The summed E-state index contributed by atoms with van der Waals surface area (Å²) in [5.41, 5.74) is 1.37. The van der Waals surface area contributed by atoms with E-state index in [1.54, 1.807) is 18.2 Å². The predicted octanol–water partition coefficient (Wildman–Crippen LogP) is 4.61. The molecular weight excluding hydrogens is 484 g/mol. The summed E-state index contributed by atoms with van der Waals surface area (Å²) in [6, 6.07) is 14.7. The second-order valence-corrected chi connectivity index (χ2v) is 9.03. The minimum atomic E-state index is -0.375. The van der Waals surface area contributed by atoms with Crippen molar-refractivity contribution in [3.8, 4) is 0 Å². The number of anilines is 1. The third kappa shape index (κ3) is 6.03. The van der Waals surface area contributed by atoms with Crippen molar-refractivity contribution in [2.45, 2.75) is 10.9 Å². The number of carbonyl (C=O) groups excluding carboxylic acids is 2. The molecule has 0 atom stereocenters. The van der Waals surface area contributed by atoms with E-state index in [9.17, 15) is 9.59 Å². The van der Waals surface area contributed by atoms with Gasteiger partial charge in [0.15, 0.2) is 4.34 Å². The molecule has 0 spiro atoms. The van der Waals surface area contributed by atoms with Crippen LogP contribution in [0.3, 0.4) is 0 Å². The molecule has 2 N–H and O–H groups in total. The SMILES string of the molecule is O=C(CSc1nnc(NC(=O)c2cc(Br)ccc2Cl)s1)NCc1ccccc1. The van der Waals surface area contributed by atoms with Gasteiger partial charge >= 0.3 is 0 Å². The molecule has 0 saturated carbocycles. The largest absolute Gasteiger partial charge is 0.351 e. The molecule has 0 aliphatic heterocycles. The number of amides is 2. The Labute approximate surface area is 183 Å². The van der Waals surface area contributed by atoms with Crippen LogP contribution in [0.2, 0.25) is 5.02 Å². The third-order valence-electron chi connectivity index (χ3n) is 3.46. The summed E-state index contributed by atoms with van der Waals surface area (Å²) in [6.07, 6.45) is 0. The fourth-order valence-electron chi connectivity index (χ4n) is 2.13. The number of hydrogen-bond donors (Lipinski definition) is 2. The van der Waals surface area contributed by atoms with Gasteiger partial charge in [-0.1, -0.05) is 81.0 Å². The van der Waals surface area contributed by atoms with Crippen LogP contribution in [0, 0.1) is 0 Å². The van der Waals surface area contributed by atoms with Crippen molar-refractivity contribution in [3.05, 3.63) is 69.2 Å². The molecule has 1 heterocycles. The zero-order valence-corrected chi connectivity index (χ0v) is 18.3. The highest BCUT2D eigenvalue weighted by Crippen LogP contribution is 2.27. The highest BCUT2D eigenvalue weighted by molar-refractivity contribution is 9.10. The molecule has 0 bridgehead atoms. The quantitative estimate of drug-likeness (QED) is 0.368. The van der Waals surface area contributed by atoms with Crippen LogP contribution < -0.4 is 10.6 Å². The van der Waals surface area contributed by atoms with Gasteiger partial charge in [0.2, 0.25) is 11.0 Å². The van der Waals surface area contributed by atoms with Crippen molar-refractivity contribution in [2.24, 2.45) is 0 Å². The van der Waals surface area contributed by atoms with E-state index in [-0.39, 0.29) is 17.6 Å². The lowest BCUT2D eigenvalue weighted by molar-refractivity contribution is -0.118. The van der Waals surface area contributed by atoms with E-state index in [4.69, 9.17) is 11.6 Å². The van der Waals surface area contributed by atoms with Crippen LogP contribution >= 0.6 is 50.6 Å². The maximum Gasteiger partial charge on any atom is 0.259 e. The van der Waals surface area contributed by atoms with Crippen LogP contribution in [-0.4, -0.2) is 27.8 Å². The zero-order valence-electron chi connectivity index (χ0n) is 14.3. The van der Waals surface area contributed by atoms with Crippen LogP contribution in [0.25, 0.3) is 0 Å². The van der Waals surface area contributed by atoms with E-state index in [1.165, 1.54) is 23.1 Å². The van der Waals surface area contributed by atoms with Crippen LogP contribution in [-0.2, 0) is 11.3 Å². The van der Waals surface area contributed by atoms with Gasteiger partial charge in [-0.2, -0.15) is 0 Å². The second kappa shape index (κ2) is 10.0. The number of thioether (sulfide) groups is 1. The summed E-state index contributed by atoms with van der Waals surface area (Å²) in [5, 5.41) is 14.1. The van der Waals surface area contributed by atoms with Gasteiger partial charge in [0, 0.05) is 11.0 Å². The summed E-state index contributed by atoms with van der Waals surface area (Å²) in [5.74, 6) is -0.262. The Balaban J connectivity index is 1.49. The fourth-order valence-corrected chi connectivity index (χ4v) is 4.27. The third-order valence-corrected chi connectivity index (χ3v) is 6.25. The minimum absolute atomic E-state index is 0.101. The number of hydrogen-bond acceptors (Lipinski definition) is 6. The Morgan fingerprint density at radius 2 is 1.93 bits per heavy atom. The summed E-state index contributed by atoms with van der Waals surface area (Å²) < 4.78 is 1.34. The van der Waals surface area contributed by atoms with Gasteiger partial charge in [0.25, 0.3) is 5.91 Å². The summed E-state index contributed by atoms with van der Waals surface area (Å²) in [4.78, 5) is 24.3. The molecule has 3 aromatic rings. The molecule has 2 amide bonds. The van der Waals surface area contributed by atoms with E-state index in [2.05, 4.69) is 36.8 Å². The molecule has 0 saturated heterocycles. The first-order chi connectivity index (χ1) is 13.5. The molecule has 144 valence electrons. The number of carbonyl (C=O) groups is 2.